The quantitative estimate of drug-likeness (QED) is 0.614. The second-order valence-corrected chi connectivity index (χ2v) is 6.48. The number of anilines is 1. The van der Waals surface area contributed by atoms with Crippen molar-refractivity contribution in [1.82, 2.24) is 13.7 Å². The van der Waals surface area contributed by atoms with Gasteiger partial charge in [-0.2, -0.15) is 4.31 Å². The number of fused-ring (bicyclic) bond motifs is 1. The average molecular weight is 297 g/mol. The molecule has 20 heavy (non-hydrogen) atoms. The van der Waals surface area contributed by atoms with Gasteiger partial charge in [0, 0.05) is 19.8 Å². The van der Waals surface area contributed by atoms with Gasteiger partial charge in [-0.25, -0.2) is 19.2 Å². The average Bonchev–Trinajstić information content (AvgIpc) is 2.83. The smallest absolute Gasteiger partial charge is 0.262 e. The fourth-order valence-electron chi connectivity index (χ4n) is 1.96. The molecule has 0 saturated heterocycles. The van der Waals surface area contributed by atoms with E-state index in [1.54, 1.807) is 31.4 Å². The molecule has 0 aliphatic rings. The lowest BCUT2D eigenvalue weighted by atomic mass is 10.3. The van der Waals surface area contributed by atoms with Crippen molar-refractivity contribution >= 4 is 21.5 Å². The number of hydrogen-bond acceptors (Lipinski definition) is 5. The summed E-state index contributed by atoms with van der Waals surface area (Å²) >= 11 is 0. The molecule has 110 valence electrons. The van der Waals surface area contributed by atoms with Crippen LogP contribution in [-0.4, -0.2) is 35.7 Å². The molecule has 0 spiro atoms. The summed E-state index contributed by atoms with van der Waals surface area (Å²) in [4.78, 5) is 4.18. The Morgan fingerprint density at radius 3 is 2.85 bits per heavy atom. The van der Waals surface area contributed by atoms with Crippen LogP contribution in [-0.2, 0) is 10.0 Å². The van der Waals surface area contributed by atoms with E-state index in [2.05, 4.69) is 10.4 Å². The van der Waals surface area contributed by atoms with Gasteiger partial charge in [-0.05, 0) is 18.6 Å². The molecule has 0 bridgehead atoms. The van der Waals surface area contributed by atoms with Crippen LogP contribution in [0.5, 0.6) is 0 Å². The van der Waals surface area contributed by atoms with Crippen LogP contribution in [0.3, 0.4) is 0 Å². The van der Waals surface area contributed by atoms with Gasteiger partial charge in [0.2, 0.25) is 5.03 Å². The highest BCUT2D eigenvalue weighted by Crippen LogP contribution is 2.24. The number of nitrogens with one attached hydrogen (secondary N) is 1. The van der Waals surface area contributed by atoms with E-state index in [9.17, 15) is 8.42 Å². The highest BCUT2D eigenvalue weighted by atomic mass is 32.2. The molecule has 0 amide bonds. The monoisotopic (exact) mass is 297 g/mol. The highest BCUT2D eigenvalue weighted by Gasteiger charge is 2.28. The van der Waals surface area contributed by atoms with Gasteiger partial charge in [0.05, 0.1) is 0 Å². The summed E-state index contributed by atoms with van der Waals surface area (Å²) < 4.78 is 28.2. The van der Waals surface area contributed by atoms with Crippen molar-refractivity contribution in [2.45, 2.75) is 24.8 Å². The van der Waals surface area contributed by atoms with Gasteiger partial charge in [-0.1, -0.05) is 19.4 Å². The van der Waals surface area contributed by atoms with Gasteiger partial charge in [-0.3, -0.25) is 4.40 Å². The first-order valence-electron chi connectivity index (χ1n) is 6.42. The molecule has 2 aromatic rings. The van der Waals surface area contributed by atoms with Crippen molar-refractivity contribution < 1.29 is 8.42 Å². The summed E-state index contributed by atoms with van der Waals surface area (Å²) in [5.41, 5.74) is 2.89. The van der Waals surface area contributed by atoms with Gasteiger partial charge in [0.25, 0.3) is 10.0 Å². The zero-order chi connectivity index (χ0) is 14.8. The summed E-state index contributed by atoms with van der Waals surface area (Å²) in [5.74, 6) is 5.56. The van der Waals surface area contributed by atoms with Crippen LogP contribution < -0.4 is 11.3 Å². The fraction of sp³-hybridized carbons (Fsp3) is 0.417. The predicted molar refractivity (Wildman–Crippen MR) is 77.7 cm³/mol. The second-order valence-electron chi connectivity index (χ2n) is 4.52. The third kappa shape index (κ3) is 2.49. The number of aromatic nitrogens is 2. The molecule has 0 fully saturated rings. The second kappa shape index (κ2) is 5.78. The molecule has 0 unspecified atom stereocenters. The van der Waals surface area contributed by atoms with Crippen molar-refractivity contribution in [1.29, 1.82) is 0 Å². The van der Waals surface area contributed by atoms with Crippen LogP contribution in [0, 0.1) is 0 Å². The molecule has 7 nitrogen and oxygen atoms in total. The Bertz CT molecular complexity index is 695. The number of nitrogens with zero attached hydrogens (tertiary/aromatic N) is 3. The van der Waals surface area contributed by atoms with Gasteiger partial charge in [0.15, 0.2) is 5.82 Å². The first kappa shape index (κ1) is 14.8. The Morgan fingerprint density at radius 2 is 2.20 bits per heavy atom. The Morgan fingerprint density at radius 1 is 1.45 bits per heavy atom. The van der Waals surface area contributed by atoms with Crippen molar-refractivity contribution in [3.05, 3.63) is 24.4 Å². The number of pyridine rings is 1. The number of nitrogen functional groups attached to an aromatic ring is 1. The van der Waals surface area contributed by atoms with Crippen molar-refractivity contribution in [2.24, 2.45) is 5.84 Å². The van der Waals surface area contributed by atoms with Gasteiger partial charge < -0.3 is 5.43 Å². The molecule has 0 aliphatic heterocycles. The number of unbranched alkanes of at least 4 members (excludes halogenated alkanes) is 1. The maximum Gasteiger partial charge on any atom is 0.262 e. The molecule has 8 heteroatoms. The van der Waals surface area contributed by atoms with E-state index in [0.717, 1.165) is 12.8 Å². The first-order valence-corrected chi connectivity index (χ1v) is 7.86. The fourth-order valence-corrected chi connectivity index (χ4v) is 3.38. The van der Waals surface area contributed by atoms with Crippen LogP contribution in [0.4, 0.5) is 5.82 Å². The normalized spacial score (nSPS) is 12.2. The highest BCUT2D eigenvalue weighted by molar-refractivity contribution is 7.89. The number of imidazole rings is 1. The molecular weight excluding hydrogens is 278 g/mol. The maximum atomic E-state index is 12.7. The van der Waals surface area contributed by atoms with E-state index < -0.39 is 10.0 Å². The Kier molecular flexibility index (Phi) is 4.26. The van der Waals surface area contributed by atoms with Crippen LogP contribution in [0.15, 0.2) is 29.4 Å². The minimum Gasteiger partial charge on any atom is -0.306 e. The van der Waals surface area contributed by atoms with E-state index in [-0.39, 0.29) is 10.8 Å². The summed E-state index contributed by atoms with van der Waals surface area (Å²) in [5, 5.41) is 0.0641. The molecule has 0 aliphatic carbocycles. The number of sulfonamides is 1. The molecule has 0 saturated carbocycles. The molecule has 0 atom stereocenters. The summed E-state index contributed by atoms with van der Waals surface area (Å²) in [6.07, 6.45) is 3.39. The zero-order valence-corrected chi connectivity index (χ0v) is 12.4. The third-order valence-electron chi connectivity index (χ3n) is 3.10. The molecule has 2 heterocycles. The van der Waals surface area contributed by atoms with E-state index in [1.165, 1.54) is 8.71 Å². The summed E-state index contributed by atoms with van der Waals surface area (Å²) in [7, 11) is -2.08. The topological polar surface area (TPSA) is 92.7 Å². The molecule has 2 rings (SSSR count). The Hall–Kier alpha value is -1.64. The van der Waals surface area contributed by atoms with Crippen LogP contribution in [0.25, 0.3) is 5.65 Å². The zero-order valence-electron chi connectivity index (χ0n) is 11.6. The minimum atomic E-state index is -3.65. The van der Waals surface area contributed by atoms with Gasteiger partial charge in [-0.15, -0.1) is 0 Å². The van der Waals surface area contributed by atoms with E-state index in [1.807, 2.05) is 6.92 Å². The number of hydrazine groups is 1. The third-order valence-corrected chi connectivity index (χ3v) is 4.99. The molecule has 0 radical (unpaired) electrons. The number of hydrogen-bond donors (Lipinski definition) is 2. The number of nitrogens with two attached hydrogens (primary N) is 1. The van der Waals surface area contributed by atoms with E-state index in [0.29, 0.717) is 12.2 Å². The standard InChI is InChI=1S/C12H19N5O2S/c1-3-4-8-16(2)20(18,19)12-11(15-13)14-10-7-5-6-9-17(10)12/h5-7,9,15H,3-4,8,13H2,1-2H3. The number of rotatable bonds is 6. The molecule has 2 aromatic heterocycles. The Labute approximate surface area is 118 Å². The lowest BCUT2D eigenvalue weighted by molar-refractivity contribution is 0.456. The molecule has 3 N–H and O–H groups in total. The lowest BCUT2D eigenvalue weighted by Crippen LogP contribution is -2.30. The van der Waals surface area contributed by atoms with Crippen molar-refractivity contribution in [3.63, 3.8) is 0 Å². The predicted octanol–water partition coefficient (Wildman–Crippen LogP) is 1.04. The molecule has 0 aromatic carbocycles. The summed E-state index contributed by atoms with van der Waals surface area (Å²) in [6, 6.07) is 5.27. The van der Waals surface area contributed by atoms with E-state index >= 15 is 0 Å². The minimum absolute atomic E-state index is 0.0641. The molecular formula is C12H19N5O2S. The largest absolute Gasteiger partial charge is 0.306 e. The van der Waals surface area contributed by atoms with Crippen LogP contribution in [0.1, 0.15) is 19.8 Å². The van der Waals surface area contributed by atoms with Gasteiger partial charge >= 0.3 is 0 Å². The van der Waals surface area contributed by atoms with Crippen molar-refractivity contribution in [3.8, 4) is 0 Å². The Balaban J connectivity index is 2.55. The van der Waals surface area contributed by atoms with Gasteiger partial charge in [0.1, 0.15) is 5.65 Å². The maximum absolute atomic E-state index is 12.7. The van der Waals surface area contributed by atoms with E-state index in [4.69, 9.17) is 5.84 Å². The lowest BCUT2D eigenvalue weighted by Gasteiger charge is -2.17. The van der Waals surface area contributed by atoms with Crippen LogP contribution in [0.2, 0.25) is 0 Å². The SMILES string of the molecule is CCCCN(C)S(=O)(=O)c1c(NN)nc2ccccn12. The first-order chi connectivity index (χ1) is 9.52. The summed E-state index contributed by atoms with van der Waals surface area (Å²) in [6.45, 7) is 2.48. The van der Waals surface area contributed by atoms with Crippen molar-refractivity contribution in [2.75, 3.05) is 19.0 Å². The van der Waals surface area contributed by atoms with Crippen LogP contribution >= 0.6 is 0 Å².